The van der Waals surface area contributed by atoms with Gasteiger partial charge in [0.05, 0.1) is 20.1 Å². The molecule has 1 aliphatic rings. The lowest BCUT2D eigenvalue weighted by Gasteiger charge is -2.41. The van der Waals surface area contributed by atoms with E-state index in [4.69, 9.17) is 11.6 Å². The number of halogens is 1. The van der Waals surface area contributed by atoms with Crippen molar-refractivity contribution in [3.8, 4) is 0 Å². The number of rotatable bonds is 2. The summed E-state index contributed by atoms with van der Waals surface area (Å²) in [7, 11) is 2.25. The number of nitrogens with one attached hydrogen (secondary N) is 1. The minimum atomic E-state index is 0.303. The van der Waals surface area contributed by atoms with E-state index < -0.39 is 0 Å². The molecule has 1 atom stereocenters. The molecule has 0 saturated carbocycles. The fourth-order valence-electron chi connectivity index (χ4n) is 1.63. The third-order valence-corrected chi connectivity index (χ3v) is 3.39. The minimum absolute atomic E-state index is 0.303. The zero-order valence-corrected chi connectivity index (χ0v) is 8.19. The molecule has 3 heteroatoms. The second-order valence-electron chi connectivity index (χ2n) is 3.52. The Bertz CT molecular complexity index is 121. The molecule has 0 aromatic carbocycles. The lowest BCUT2D eigenvalue weighted by Crippen LogP contribution is -2.59. The Morgan fingerprint density at radius 3 is 2.45 bits per heavy atom. The van der Waals surface area contributed by atoms with Gasteiger partial charge in [0.15, 0.2) is 5.50 Å². The van der Waals surface area contributed by atoms with E-state index in [-0.39, 0.29) is 0 Å². The van der Waals surface area contributed by atoms with Gasteiger partial charge in [-0.3, -0.25) is 0 Å². The van der Waals surface area contributed by atoms with Gasteiger partial charge in [-0.25, -0.2) is 0 Å². The fraction of sp³-hybridized carbons (Fsp3) is 1.00. The summed E-state index contributed by atoms with van der Waals surface area (Å²) in [6.45, 7) is 6.71. The van der Waals surface area contributed by atoms with Crippen molar-refractivity contribution >= 4 is 11.6 Å². The number of piperazine rings is 1. The summed E-state index contributed by atoms with van der Waals surface area (Å²) >= 11 is 6.23. The van der Waals surface area contributed by atoms with Crippen LogP contribution in [0, 0.1) is 0 Å². The van der Waals surface area contributed by atoms with Crippen LogP contribution in [0.4, 0.5) is 0 Å². The molecule has 0 spiro atoms. The van der Waals surface area contributed by atoms with Gasteiger partial charge >= 0.3 is 0 Å². The predicted molar refractivity (Wildman–Crippen MR) is 48.7 cm³/mol. The van der Waals surface area contributed by atoms with Gasteiger partial charge in [0.25, 0.3) is 0 Å². The van der Waals surface area contributed by atoms with Crippen LogP contribution < -0.4 is 5.32 Å². The molecule has 0 amide bonds. The second kappa shape index (κ2) is 3.74. The summed E-state index contributed by atoms with van der Waals surface area (Å²) in [5.41, 5.74) is 0.303. The lowest BCUT2D eigenvalue weighted by molar-refractivity contribution is -0.922. The van der Waals surface area contributed by atoms with Gasteiger partial charge in [-0.05, 0) is 0 Å². The first-order valence-corrected chi connectivity index (χ1v) is 4.81. The zero-order valence-electron chi connectivity index (χ0n) is 7.44. The quantitative estimate of drug-likeness (QED) is 0.377. The predicted octanol–water partition coefficient (Wildman–Crippen LogP) is 1.01. The molecule has 1 saturated heterocycles. The summed E-state index contributed by atoms with van der Waals surface area (Å²) in [5.74, 6) is 0. The lowest BCUT2D eigenvalue weighted by atomic mass is 10.2. The number of hydrogen-bond donors (Lipinski definition) is 1. The molecule has 0 radical (unpaired) electrons. The van der Waals surface area contributed by atoms with Crippen molar-refractivity contribution < 1.29 is 4.48 Å². The molecule has 1 N–H and O–H groups in total. The number of likely N-dealkylation sites (N-methyl/N-ethyl adjacent to an activating group) is 1. The van der Waals surface area contributed by atoms with Crippen LogP contribution in [0.1, 0.15) is 13.3 Å². The Morgan fingerprint density at radius 1 is 1.45 bits per heavy atom. The smallest absolute Gasteiger partial charge is 0.164 e. The van der Waals surface area contributed by atoms with Gasteiger partial charge < -0.3 is 9.80 Å². The molecule has 0 bridgehead atoms. The van der Waals surface area contributed by atoms with Crippen molar-refractivity contribution in [2.75, 3.05) is 33.2 Å². The maximum atomic E-state index is 6.23. The van der Waals surface area contributed by atoms with E-state index in [1.807, 2.05) is 0 Å². The van der Waals surface area contributed by atoms with E-state index >= 15 is 0 Å². The first-order chi connectivity index (χ1) is 5.19. The van der Waals surface area contributed by atoms with Crippen LogP contribution in [0.3, 0.4) is 0 Å². The molecule has 2 nitrogen and oxygen atoms in total. The maximum absolute atomic E-state index is 6.23. The van der Waals surface area contributed by atoms with Crippen LogP contribution in [-0.2, 0) is 0 Å². The van der Waals surface area contributed by atoms with Gasteiger partial charge in [-0.15, -0.1) is 0 Å². The Labute approximate surface area is 74.1 Å². The van der Waals surface area contributed by atoms with Gasteiger partial charge in [0, 0.05) is 19.5 Å². The average Bonchev–Trinajstić information content (AvgIpc) is 2.04. The Kier molecular flexibility index (Phi) is 3.16. The molecule has 0 aromatic heterocycles. The minimum Gasteiger partial charge on any atom is -0.309 e. The Hall–Kier alpha value is 0.210. The summed E-state index contributed by atoms with van der Waals surface area (Å²) in [6, 6.07) is 0. The first kappa shape index (κ1) is 9.30. The highest BCUT2D eigenvalue weighted by Gasteiger charge is 2.30. The van der Waals surface area contributed by atoms with Crippen LogP contribution in [0.15, 0.2) is 0 Å². The van der Waals surface area contributed by atoms with Crippen molar-refractivity contribution in [1.29, 1.82) is 0 Å². The fourth-order valence-corrected chi connectivity index (χ4v) is 1.82. The molecular weight excluding hydrogens is 160 g/mol. The molecule has 1 heterocycles. The van der Waals surface area contributed by atoms with Crippen LogP contribution in [0.25, 0.3) is 0 Å². The summed E-state index contributed by atoms with van der Waals surface area (Å²) < 4.78 is 1.03. The Balaban J connectivity index is 2.49. The standard InChI is InChI=1S/C8H18ClN2/c1-3-8(9)11(2)6-4-10-5-7-11/h8,10H,3-7H2,1-2H3/q+1. The molecule has 0 aromatic rings. The summed E-state index contributed by atoms with van der Waals surface area (Å²) in [5, 5.41) is 3.34. The van der Waals surface area contributed by atoms with Gasteiger partial charge in [-0.1, -0.05) is 18.5 Å². The number of alkyl halides is 1. The first-order valence-electron chi connectivity index (χ1n) is 4.38. The van der Waals surface area contributed by atoms with Crippen LogP contribution in [0.2, 0.25) is 0 Å². The van der Waals surface area contributed by atoms with E-state index in [2.05, 4.69) is 19.3 Å². The van der Waals surface area contributed by atoms with Crippen molar-refractivity contribution in [3.63, 3.8) is 0 Å². The molecule has 1 unspecified atom stereocenters. The van der Waals surface area contributed by atoms with Crippen LogP contribution in [0.5, 0.6) is 0 Å². The molecule has 0 aliphatic carbocycles. The van der Waals surface area contributed by atoms with Gasteiger partial charge in [-0.2, -0.15) is 0 Å². The highest BCUT2D eigenvalue weighted by atomic mass is 35.5. The topological polar surface area (TPSA) is 12.0 Å². The van der Waals surface area contributed by atoms with E-state index in [0.29, 0.717) is 5.50 Å². The summed E-state index contributed by atoms with van der Waals surface area (Å²) in [6.07, 6.45) is 1.07. The number of nitrogens with zero attached hydrogens (tertiary/aromatic N) is 1. The van der Waals surface area contributed by atoms with Crippen molar-refractivity contribution in [1.82, 2.24) is 5.32 Å². The van der Waals surface area contributed by atoms with Gasteiger partial charge in [0.1, 0.15) is 0 Å². The van der Waals surface area contributed by atoms with Gasteiger partial charge in [0.2, 0.25) is 0 Å². The highest BCUT2D eigenvalue weighted by molar-refractivity contribution is 6.19. The average molecular weight is 178 g/mol. The second-order valence-corrected chi connectivity index (χ2v) is 4.02. The zero-order chi connectivity index (χ0) is 8.32. The molecule has 1 rings (SSSR count). The third-order valence-electron chi connectivity index (χ3n) is 2.61. The van der Waals surface area contributed by atoms with E-state index in [1.54, 1.807) is 0 Å². The largest absolute Gasteiger partial charge is 0.309 e. The van der Waals surface area contributed by atoms with Crippen molar-refractivity contribution in [3.05, 3.63) is 0 Å². The Morgan fingerprint density at radius 2 is 2.00 bits per heavy atom. The number of quaternary nitrogens is 1. The maximum Gasteiger partial charge on any atom is 0.164 e. The summed E-state index contributed by atoms with van der Waals surface area (Å²) in [4.78, 5) is 0. The SMILES string of the molecule is CCC(Cl)[N+]1(C)CCNCC1. The molecule has 11 heavy (non-hydrogen) atoms. The molecule has 1 aliphatic heterocycles. The van der Waals surface area contributed by atoms with E-state index in [1.165, 1.54) is 13.1 Å². The van der Waals surface area contributed by atoms with Crippen LogP contribution in [-0.4, -0.2) is 43.2 Å². The van der Waals surface area contributed by atoms with E-state index in [9.17, 15) is 0 Å². The van der Waals surface area contributed by atoms with Crippen LogP contribution >= 0.6 is 11.6 Å². The monoisotopic (exact) mass is 177 g/mol. The third kappa shape index (κ3) is 2.08. The van der Waals surface area contributed by atoms with E-state index in [0.717, 1.165) is 24.0 Å². The highest BCUT2D eigenvalue weighted by Crippen LogP contribution is 2.17. The molecular formula is C8H18ClN2+. The molecule has 1 fully saturated rings. The normalized spacial score (nSPS) is 26.5. The molecule has 66 valence electrons. The number of hydrogen-bond acceptors (Lipinski definition) is 1. The van der Waals surface area contributed by atoms with Crippen molar-refractivity contribution in [2.45, 2.75) is 18.8 Å². The van der Waals surface area contributed by atoms with Crippen molar-refractivity contribution in [2.24, 2.45) is 0 Å².